The van der Waals surface area contributed by atoms with Crippen LogP contribution in [0.25, 0.3) is 0 Å². The average molecular weight is 328 g/mol. The number of methoxy groups -OCH3 is 1. The van der Waals surface area contributed by atoms with Gasteiger partial charge in [-0.15, -0.1) is 0 Å². The average Bonchev–Trinajstić information content (AvgIpc) is 2.93. The van der Waals surface area contributed by atoms with Crippen LogP contribution in [0, 0.1) is 10.8 Å². The zero-order chi connectivity index (χ0) is 16.9. The topological polar surface area (TPSA) is 44.8 Å². The monoisotopic (exact) mass is 328 g/mol. The summed E-state index contributed by atoms with van der Waals surface area (Å²) in [5, 5.41) is 0. The first-order valence-electron chi connectivity index (χ1n) is 8.86. The van der Waals surface area contributed by atoms with Gasteiger partial charge in [0, 0.05) is 30.1 Å². The highest BCUT2D eigenvalue weighted by Gasteiger charge is 2.87. The summed E-state index contributed by atoms with van der Waals surface area (Å²) in [5.41, 5.74) is 2.84. The quantitative estimate of drug-likeness (QED) is 0.776. The number of carbonyl (C=O) groups excluding carboxylic acids is 1. The van der Waals surface area contributed by atoms with Crippen LogP contribution < -0.4 is 4.74 Å². The Morgan fingerprint density at radius 3 is 2.75 bits per heavy atom. The molecule has 1 unspecified atom stereocenters. The second-order valence-corrected chi connectivity index (χ2v) is 8.75. The Morgan fingerprint density at radius 1 is 1.25 bits per heavy atom. The summed E-state index contributed by atoms with van der Waals surface area (Å²) in [7, 11) is 1.71. The van der Waals surface area contributed by atoms with E-state index in [0.29, 0.717) is 5.92 Å². The van der Waals surface area contributed by atoms with Crippen molar-refractivity contribution < 1.29 is 19.0 Å². The molecule has 3 aliphatic carbocycles. The maximum absolute atomic E-state index is 11.6. The highest BCUT2D eigenvalue weighted by atomic mass is 16.6. The minimum Gasteiger partial charge on any atom is -0.497 e. The van der Waals surface area contributed by atoms with Crippen molar-refractivity contribution in [3.8, 4) is 5.75 Å². The van der Waals surface area contributed by atoms with Gasteiger partial charge in [-0.3, -0.25) is 4.79 Å². The molecule has 1 aromatic rings. The van der Waals surface area contributed by atoms with Crippen LogP contribution in [0.1, 0.15) is 63.2 Å². The van der Waals surface area contributed by atoms with Crippen LogP contribution in [0.3, 0.4) is 0 Å². The third-order valence-electron chi connectivity index (χ3n) is 7.07. The van der Waals surface area contributed by atoms with Crippen molar-refractivity contribution >= 4 is 5.97 Å². The molecule has 0 amide bonds. The second kappa shape index (κ2) is 4.16. The summed E-state index contributed by atoms with van der Waals surface area (Å²) < 4.78 is 17.7. The van der Waals surface area contributed by atoms with Crippen molar-refractivity contribution in [1.29, 1.82) is 0 Å². The van der Waals surface area contributed by atoms with Gasteiger partial charge in [0.15, 0.2) is 0 Å². The molecule has 2 heterocycles. The third kappa shape index (κ3) is 1.52. The fourth-order valence-electron chi connectivity index (χ4n) is 6.25. The van der Waals surface area contributed by atoms with Gasteiger partial charge in [-0.1, -0.05) is 19.9 Å². The van der Waals surface area contributed by atoms with Crippen LogP contribution in [0.2, 0.25) is 0 Å². The van der Waals surface area contributed by atoms with E-state index in [-0.39, 0.29) is 34.6 Å². The standard InChI is InChI=1S/C20H24O4/c1-11(21)23-16-9-20-17-13-6-5-12(22-4)7-14(13)15(24-20)8-19(17,20)10-18(16,2)3/h5-7,15-17H,8-10H2,1-4H3/t15-,16?,17-,19-,20-/m0/s1. The van der Waals surface area contributed by atoms with Crippen LogP contribution in [0.5, 0.6) is 5.75 Å². The molecule has 3 fully saturated rings. The van der Waals surface area contributed by atoms with Crippen molar-refractivity contribution in [2.75, 3.05) is 7.11 Å². The van der Waals surface area contributed by atoms with E-state index in [9.17, 15) is 4.79 Å². The van der Waals surface area contributed by atoms with Crippen molar-refractivity contribution in [3.63, 3.8) is 0 Å². The summed E-state index contributed by atoms with van der Waals surface area (Å²) in [6.07, 6.45) is 3.07. The van der Waals surface area contributed by atoms with Gasteiger partial charge in [0.05, 0.1) is 18.8 Å². The highest BCUT2D eigenvalue weighted by Crippen LogP contribution is 2.87. The van der Waals surface area contributed by atoms with Gasteiger partial charge in [0.1, 0.15) is 11.9 Å². The predicted octanol–water partition coefficient (Wildman–Crippen LogP) is 3.74. The zero-order valence-corrected chi connectivity index (χ0v) is 14.7. The van der Waals surface area contributed by atoms with E-state index in [2.05, 4.69) is 32.0 Å². The molecular formula is C20H24O4. The lowest BCUT2D eigenvalue weighted by atomic mass is 9.67. The Balaban J connectivity index is 1.56. The van der Waals surface area contributed by atoms with Crippen LogP contribution in [-0.2, 0) is 14.3 Å². The van der Waals surface area contributed by atoms with E-state index >= 15 is 0 Å². The van der Waals surface area contributed by atoms with Crippen molar-refractivity contribution in [2.45, 2.75) is 63.8 Å². The smallest absolute Gasteiger partial charge is 0.302 e. The number of hydrogen-bond donors (Lipinski definition) is 0. The van der Waals surface area contributed by atoms with E-state index in [4.69, 9.17) is 14.2 Å². The number of hydrogen-bond acceptors (Lipinski definition) is 4. The molecule has 4 heteroatoms. The van der Waals surface area contributed by atoms with Gasteiger partial charge in [-0.2, -0.15) is 0 Å². The molecule has 1 aromatic carbocycles. The molecule has 6 rings (SSSR count). The first kappa shape index (κ1) is 14.8. The molecule has 4 nitrogen and oxygen atoms in total. The highest BCUT2D eigenvalue weighted by molar-refractivity contribution is 5.66. The molecule has 4 bridgehead atoms. The Labute approximate surface area is 142 Å². The largest absolute Gasteiger partial charge is 0.497 e. The van der Waals surface area contributed by atoms with Gasteiger partial charge in [-0.05, 0) is 36.1 Å². The number of rotatable bonds is 2. The second-order valence-electron chi connectivity index (χ2n) is 8.75. The molecule has 2 aliphatic heterocycles. The lowest BCUT2D eigenvalue weighted by Crippen LogP contribution is -2.44. The normalized spacial score (nSPS) is 42.8. The molecule has 0 aromatic heterocycles. The summed E-state index contributed by atoms with van der Waals surface area (Å²) in [4.78, 5) is 11.6. The van der Waals surface area contributed by atoms with Crippen LogP contribution >= 0.6 is 0 Å². The van der Waals surface area contributed by atoms with Gasteiger partial charge in [0.25, 0.3) is 0 Å². The molecular weight excluding hydrogens is 304 g/mol. The number of ether oxygens (including phenoxy) is 3. The number of carbonyl (C=O) groups is 1. The summed E-state index contributed by atoms with van der Waals surface area (Å²) >= 11 is 0. The molecule has 5 atom stereocenters. The Bertz CT molecular complexity index is 754. The first-order valence-corrected chi connectivity index (χ1v) is 8.86. The van der Waals surface area contributed by atoms with E-state index in [1.165, 1.54) is 18.1 Å². The molecule has 128 valence electrons. The third-order valence-corrected chi connectivity index (χ3v) is 7.07. The molecule has 0 radical (unpaired) electrons. The molecule has 5 aliphatic rings. The first-order chi connectivity index (χ1) is 11.3. The molecule has 2 spiro atoms. The van der Waals surface area contributed by atoms with Gasteiger partial charge in [-0.25, -0.2) is 0 Å². The van der Waals surface area contributed by atoms with Crippen molar-refractivity contribution in [1.82, 2.24) is 0 Å². The maximum atomic E-state index is 11.6. The van der Waals surface area contributed by atoms with Crippen molar-refractivity contribution in [2.24, 2.45) is 10.8 Å². The fourth-order valence-corrected chi connectivity index (χ4v) is 6.25. The van der Waals surface area contributed by atoms with Crippen molar-refractivity contribution in [3.05, 3.63) is 29.3 Å². The lowest BCUT2D eigenvalue weighted by Gasteiger charge is -2.42. The zero-order valence-electron chi connectivity index (χ0n) is 14.7. The van der Waals surface area contributed by atoms with Gasteiger partial charge in [0.2, 0.25) is 0 Å². The predicted molar refractivity (Wildman–Crippen MR) is 87.9 cm³/mol. The lowest BCUT2D eigenvalue weighted by molar-refractivity contribution is -0.162. The Hall–Kier alpha value is -1.55. The SMILES string of the molecule is COc1ccc2c(c1)[C@@H]1C[C@@]34CC(C)(C)C(OC(C)=O)C[C@]3(O1)[C@@H]24. The molecule has 2 saturated carbocycles. The molecule has 24 heavy (non-hydrogen) atoms. The minimum absolute atomic E-state index is 0.00779. The van der Waals surface area contributed by atoms with E-state index < -0.39 is 0 Å². The van der Waals surface area contributed by atoms with E-state index in [0.717, 1.165) is 25.0 Å². The van der Waals surface area contributed by atoms with Crippen LogP contribution in [0.4, 0.5) is 0 Å². The summed E-state index contributed by atoms with van der Waals surface area (Å²) in [5.74, 6) is 1.15. The van der Waals surface area contributed by atoms with Crippen LogP contribution in [-0.4, -0.2) is 24.8 Å². The molecule has 0 N–H and O–H groups in total. The Kier molecular flexibility index (Phi) is 2.56. The van der Waals surface area contributed by atoms with Gasteiger partial charge < -0.3 is 14.2 Å². The minimum atomic E-state index is -0.189. The summed E-state index contributed by atoms with van der Waals surface area (Å²) in [6, 6.07) is 6.43. The van der Waals surface area contributed by atoms with Gasteiger partial charge >= 0.3 is 5.97 Å². The molecule has 1 saturated heterocycles. The van der Waals surface area contributed by atoms with Crippen LogP contribution in [0.15, 0.2) is 18.2 Å². The number of benzene rings is 1. The van der Waals surface area contributed by atoms with E-state index in [1.54, 1.807) is 7.11 Å². The summed E-state index contributed by atoms with van der Waals surface area (Å²) in [6.45, 7) is 5.97. The number of esters is 1. The Morgan fingerprint density at radius 2 is 2.04 bits per heavy atom. The fraction of sp³-hybridized carbons (Fsp3) is 0.650. The maximum Gasteiger partial charge on any atom is 0.302 e. The van der Waals surface area contributed by atoms with E-state index in [1.807, 2.05) is 0 Å².